The highest BCUT2D eigenvalue weighted by Gasteiger charge is 2.33. The molecule has 0 radical (unpaired) electrons. The maximum Gasteiger partial charge on any atom is 0.404 e. The van der Waals surface area contributed by atoms with Gasteiger partial charge in [0.15, 0.2) is 0 Å². The number of amides is 1. The van der Waals surface area contributed by atoms with E-state index in [4.69, 9.17) is 9.84 Å². The number of benzene rings is 1. The van der Waals surface area contributed by atoms with E-state index < -0.39 is 29.9 Å². The van der Waals surface area contributed by atoms with Crippen molar-refractivity contribution in [1.82, 2.24) is 5.32 Å². The molecule has 0 unspecified atom stereocenters. The molecule has 0 aliphatic carbocycles. The Hall–Kier alpha value is -1.73. The fourth-order valence-electron chi connectivity index (χ4n) is 1.87. The van der Waals surface area contributed by atoms with Crippen molar-refractivity contribution in [3.63, 3.8) is 0 Å². The number of aliphatic hydroxyl groups excluding tert-OH is 1. The molecule has 5 nitrogen and oxygen atoms in total. The van der Waals surface area contributed by atoms with Crippen molar-refractivity contribution in [3.8, 4) is 0 Å². The summed E-state index contributed by atoms with van der Waals surface area (Å²) in [5, 5.41) is 20.8. The lowest BCUT2D eigenvalue weighted by atomic mass is 9.98. The van der Waals surface area contributed by atoms with Crippen molar-refractivity contribution in [2.24, 2.45) is 0 Å². The summed E-state index contributed by atoms with van der Waals surface area (Å²) in [6.45, 7) is 0.468. The summed E-state index contributed by atoms with van der Waals surface area (Å²) < 4.78 is 31.6. The van der Waals surface area contributed by atoms with E-state index in [9.17, 15) is 18.7 Å². The molecule has 1 heterocycles. The van der Waals surface area contributed by atoms with E-state index in [1.165, 1.54) is 0 Å². The van der Waals surface area contributed by atoms with Crippen LogP contribution in [0.5, 0.6) is 0 Å². The predicted molar refractivity (Wildman–Crippen MR) is 60.6 cm³/mol. The van der Waals surface area contributed by atoms with Crippen LogP contribution in [-0.4, -0.2) is 35.1 Å². The van der Waals surface area contributed by atoms with Crippen LogP contribution in [0.2, 0.25) is 0 Å². The third-order valence-electron chi connectivity index (χ3n) is 2.89. The number of hydrogen-bond donors (Lipinski definition) is 3. The fourth-order valence-corrected chi connectivity index (χ4v) is 1.87. The van der Waals surface area contributed by atoms with Crippen molar-refractivity contribution in [2.75, 3.05) is 6.61 Å². The first-order valence-electron chi connectivity index (χ1n) is 5.71. The van der Waals surface area contributed by atoms with E-state index in [2.05, 4.69) is 5.32 Å². The second-order valence-corrected chi connectivity index (χ2v) is 4.36. The first-order chi connectivity index (χ1) is 8.97. The minimum Gasteiger partial charge on any atom is -0.465 e. The molecule has 0 saturated carbocycles. The first-order valence-corrected chi connectivity index (χ1v) is 5.71. The molecule has 1 aliphatic rings. The van der Waals surface area contributed by atoms with Crippen LogP contribution < -0.4 is 5.32 Å². The van der Waals surface area contributed by atoms with Gasteiger partial charge in [-0.1, -0.05) is 0 Å². The zero-order valence-corrected chi connectivity index (χ0v) is 9.85. The lowest BCUT2D eigenvalue weighted by Crippen LogP contribution is -2.39. The molecular weight excluding hydrogens is 260 g/mol. The largest absolute Gasteiger partial charge is 0.465 e. The maximum atomic E-state index is 13.5. The van der Waals surface area contributed by atoms with E-state index in [-0.39, 0.29) is 18.1 Å². The average Bonchev–Trinajstić information content (AvgIpc) is 3.14. The number of carbonyl (C=O) groups is 1. The Morgan fingerprint density at radius 2 is 2.21 bits per heavy atom. The van der Waals surface area contributed by atoms with Crippen molar-refractivity contribution in [2.45, 2.75) is 24.7 Å². The minimum absolute atomic E-state index is 0.164. The van der Waals surface area contributed by atoms with Crippen LogP contribution in [0.4, 0.5) is 13.6 Å². The van der Waals surface area contributed by atoms with Crippen molar-refractivity contribution >= 4 is 6.09 Å². The molecule has 1 amide bonds. The van der Waals surface area contributed by atoms with Gasteiger partial charge in [0.25, 0.3) is 0 Å². The molecular formula is C12H13F2NO4. The van der Waals surface area contributed by atoms with Gasteiger partial charge in [0.05, 0.1) is 18.8 Å². The fraction of sp³-hybridized carbons (Fsp3) is 0.417. The maximum absolute atomic E-state index is 13.5. The summed E-state index contributed by atoms with van der Waals surface area (Å²) in [6, 6.07) is 1.71. The molecule has 3 N–H and O–H groups in total. The molecule has 3 atom stereocenters. The van der Waals surface area contributed by atoms with Crippen molar-refractivity contribution in [3.05, 3.63) is 35.4 Å². The van der Waals surface area contributed by atoms with Gasteiger partial charge >= 0.3 is 6.09 Å². The molecule has 104 valence electrons. The number of rotatable bonds is 5. The molecule has 0 bridgehead atoms. The van der Waals surface area contributed by atoms with Crippen molar-refractivity contribution < 1.29 is 28.5 Å². The molecule has 1 saturated heterocycles. The molecule has 1 aromatic carbocycles. The quantitative estimate of drug-likeness (QED) is 0.709. The van der Waals surface area contributed by atoms with Gasteiger partial charge < -0.3 is 20.3 Å². The molecule has 0 spiro atoms. The zero-order valence-electron chi connectivity index (χ0n) is 9.85. The number of carboxylic acid groups (broad SMARTS) is 1. The predicted octanol–water partition coefficient (Wildman–Crippen LogP) is 1.42. The minimum atomic E-state index is -1.48. The van der Waals surface area contributed by atoms with Crippen molar-refractivity contribution in [1.29, 1.82) is 0 Å². The number of aliphatic hydroxyl groups is 1. The van der Waals surface area contributed by atoms with Gasteiger partial charge in [-0.2, -0.15) is 0 Å². The smallest absolute Gasteiger partial charge is 0.404 e. The van der Waals surface area contributed by atoms with Gasteiger partial charge in [0.2, 0.25) is 0 Å². The average molecular weight is 273 g/mol. The summed E-state index contributed by atoms with van der Waals surface area (Å²) in [7, 11) is 0. The van der Waals surface area contributed by atoms with E-state index in [1.807, 2.05) is 0 Å². The monoisotopic (exact) mass is 273 g/mol. The standard InChI is InChI=1S/C12H13F2NO4/c13-6-1-2-9(14)8(3-6)11(16)10(15-12(17)18)4-7-5-19-7/h1-3,7,10-11,15-16H,4-5H2,(H,17,18)/t7-,10-,11+/m0/s1. The summed E-state index contributed by atoms with van der Waals surface area (Å²) in [5.41, 5.74) is -0.278. The topological polar surface area (TPSA) is 82.1 Å². The number of nitrogens with one attached hydrogen (secondary N) is 1. The molecule has 1 aromatic rings. The van der Waals surface area contributed by atoms with E-state index in [0.29, 0.717) is 6.61 Å². The highest BCUT2D eigenvalue weighted by Crippen LogP contribution is 2.27. The SMILES string of the molecule is O=C(O)N[C@@H](C[C@H]1CO1)[C@H](O)c1cc(F)ccc1F. The Kier molecular flexibility index (Phi) is 3.96. The molecule has 0 aromatic heterocycles. The molecule has 1 aliphatic heterocycles. The van der Waals surface area contributed by atoms with E-state index in [0.717, 1.165) is 18.2 Å². The summed E-state index contributed by atoms with van der Waals surface area (Å²) in [6.07, 6.45) is -2.79. The summed E-state index contributed by atoms with van der Waals surface area (Å²) in [5.74, 6) is -1.49. The number of hydrogen-bond acceptors (Lipinski definition) is 3. The number of epoxide rings is 1. The molecule has 19 heavy (non-hydrogen) atoms. The van der Waals surface area contributed by atoms with Crippen LogP contribution in [0.15, 0.2) is 18.2 Å². The Morgan fingerprint density at radius 3 is 2.79 bits per heavy atom. The van der Waals surface area contributed by atoms with Gasteiger partial charge in [0.1, 0.15) is 17.7 Å². The third-order valence-corrected chi connectivity index (χ3v) is 2.89. The Morgan fingerprint density at radius 1 is 1.53 bits per heavy atom. The number of ether oxygens (including phenoxy) is 1. The van der Waals surface area contributed by atoms with Crippen LogP contribution in [0, 0.1) is 11.6 Å². The molecule has 7 heteroatoms. The Balaban J connectivity index is 2.18. The Labute approximate surface area is 107 Å². The van der Waals surface area contributed by atoms with Crippen LogP contribution >= 0.6 is 0 Å². The first kappa shape index (κ1) is 13.7. The van der Waals surface area contributed by atoms with Crippen LogP contribution in [0.3, 0.4) is 0 Å². The summed E-state index contributed by atoms with van der Waals surface area (Å²) >= 11 is 0. The highest BCUT2D eigenvalue weighted by molar-refractivity contribution is 5.65. The van der Waals surface area contributed by atoms with E-state index in [1.54, 1.807) is 0 Å². The van der Waals surface area contributed by atoms with Gasteiger partial charge in [-0.15, -0.1) is 0 Å². The second kappa shape index (κ2) is 5.50. The van der Waals surface area contributed by atoms with Crippen LogP contribution in [0.1, 0.15) is 18.1 Å². The zero-order chi connectivity index (χ0) is 14.0. The second-order valence-electron chi connectivity index (χ2n) is 4.36. The lowest BCUT2D eigenvalue weighted by Gasteiger charge is -2.23. The highest BCUT2D eigenvalue weighted by atomic mass is 19.1. The van der Waals surface area contributed by atoms with Gasteiger partial charge in [-0.05, 0) is 24.6 Å². The van der Waals surface area contributed by atoms with Crippen LogP contribution in [0.25, 0.3) is 0 Å². The summed E-state index contributed by atoms with van der Waals surface area (Å²) in [4.78, 5) is 10.7. The normalized spacial score (nSPS) is 20.7. The van der Waals surface area contributed by atoms with Gasteiger partial charge in [0, 0.05) is 5.56 Å². The van der Waals surface area contributed by atoms with Gasteiger partial charge in [-0.25, -0.2) is 13.6 Å². The lowest BCUT2D eigenvalue weighted by molar-refractivity contribution is 0.109. The van der Waals surface area contributed by atoms with Gasteiger partial charge in [-0.3, -0.25) is 0 Å². The number of halogens is 2. The molecule has 1 fully saturated rings. The van der Waals surface area contributed by atoms with Crippen LogP contribution in [-0.2, 0) is 4.74 Å². The Bertz CT molecular complexity index is 479. The molecule has 2 rings (SSSR count). The van der Waals surface area contributed by atoms with E-state index >= 15 is 0 Å². The third kappa shape index (κ3) is 3.62.